The summed E-state index contributed by atoms with van der Waals surface area (Å²) in [6, 6.07) is 22.1. The lowest BCUT2D eigenvalue weighted by atomic mass is 10.1. The first-order valence-corrected chi connectivity index (χ1v) is 8.94. The molecule has 2 amide bonds. The van der Waals surface area contributed by atoms with Gasteiger partial charge in [-0.15, -0.1) is 0 Å². The second kappa shape index (κ2) is 8.32. The van der Waals surface area contributed by atoms with Crippen LogP contribution in [0.2, 0.25) is 0 Å². The van der Waals surface area contributed by atoms with Crippen LogP contribution in [0, 0.1) is 6.92 Å². The van der Waals surface area contributed by atoms with Gasteiger partial charge < -0.3 is 10.6 Å². The number of nitrogens with one attached hydrogen (secondary N) is 2. The summed E-state index contributed by atoms with van der Waals surface area (Å²) in [5, 5.41) is 5.77. The highest BCUT2D eigenvalue weighted by Gasteiger charge is 2.11. The minimum Gasteiger partial charge on any atom is -0.322 e. The minimum atomic E-state index is -0.213. The summed E-state index contributed by atoms with van der Waals surface area (Å²) in [4.78, 5) is 25.0. The summed E-state index contributed by atoms with van der Waals surface area (Å²) >= 11 is 0. The zero-order chi connectivity index (χ0) is 19.2. The Kier molecular flexibility index (Phi) is 5.67. The fourth-order valence-corrected chi connectivity index (χ4v) is 2.71. The molecule has 3 rings (SSSR count). The smallest absolute Gasteiger partial charge is 0.255 e. The van der Waals surface area contributed by atoms with E-state index in [-0.39, 0.29) is 11.8 Å². The highest BCUT2D eigenvalue weighted by molar-refractivity contribution is 6.07. The number of carbonyl (C=O) groups excluding carboxylic acids is 2. The first kappa shape index (κ1) is 18.4. The van der Waals surface area contributed by atoms with Gasteiger partial charge in [0.15, 0.2) is 0 Å². The van der Waals surface area contributed by atoms with Crippen molar-refractivity contribution >= 4 is 23.2 Å². The van der Waals surface area contributed by atoms with Crippen LogP contribution in [0.1, 0.15) is 38.8 Å². The van der Waals surface area contributed by atoms with Crippen molar-refractivity contribution < 1.29 is 9.59 Å². The van der Waals surface area contributed by atoms with Crippen molar-refractivity contribution in [1.29, 1.82) is 0 Å². The first-order valence-electron chi connectivity index (χ1n) is 8.94. The van der Waals surface area contributed by atoms with Gasteiger partial charge in [0.25, 0.3) is 11.8 Å². The number of hydrogen-bond acceptors (Lipinski definition) is 2. The largest absolute Gasteiger partial charge is 0.322 e. The number of benzene rings is 3. The molecule has 0 spiro atoms. The van der Waals surface area contributed by atoms with Crippen LogP contribution in [0.4, 0.5) is 11.4 Å². The number of anilines is 2. The maximum Gasteiger partial charge on any atom is 0.255 e. The molecule has 0 saturated carbocycles. The molecule has 0 atom stereocenters. The Hall–Kier alpha value is -3.40. The number of carbonyl (C=O) groups is 2. The lowest BCUT2D eigenvalue weighted by Gasteiger charge is -2.11. The Labute approximate surface area is 159 Å². The van der Waals surface area contributed by atoms with Crippen molar-refractivity contribution in [3.63, 3.8) is 0 Å². The van der Waals surface area contributed by atoms with Crippen molar-refractivity contribution in [2.24, 2.45) is 0 Å². The van der Waals surface area contributed by atoms with E-state index in [1.807, 2.05) is 55.5 Å². The fourth-order valence-electron chi connectivity index (χ4n) is 2.71. The number of aryl methyl sites for hydroxylation is 2. The highest BCUT2D eigenvalue weighted by Crippen LogP contribution is 2.19. The van der Waals surface area contributed by atoms with Crippen LogP contribution in [-0.4, -0.2) is 11.8 Å². The van der Waals surface area contributed by atoms with E-state index in [1.54, 1.807) is 24.3 Å². The molecule has 0 unspecified atom stereocenters. The van der Waals surface area contributed by atoms with Crippen molar-refractivity contribution in [1.82, 2.24) is 0 Å². The van der Waals surface area contributed by atoms with Crippen molar-refractivity contribution in [2.75, 3.05) is 10.6 Å². The van der Waals surface area contributed by atoms with E-state index in [4.69, 9.17) is 0 Å². The average Bonchev–Trinajstić information content (AvgIpc) is 2.70. The summed E-state index contributed by atoms with van der Waals surface area (Å²) in [6.45, 7) is 3.98. The van der Waals surface area contributed by atoms with Gasteiger partial charge in [0, 0.05) is 22.5 Å². The molecule has 0 aliphatic rings. The maximum absolute atomic E-state index is 12.6. The second-order valence-electron chi connectivity index (χ2n) is 6.35. The Bertz CT molecular complexity index is 948. The van der Waals surface area contributed by atoms with Gasteiger partial charge in [-0.05, 0) is 60.9 Å². The summed E-state index contributed by atoms with van der Waals surface area (Å²) < 4.78 is 0. The van der Waals surface area contributed by atoms with Crippen LogP contribution in [0.3, 0.4) is 0 Å². The number of amides is 2. The van der Waals surface area contributed by atoms with E-state index in [2.05, 4.69) is 17.6 Å². The topological polar surface area (TPSA) is 58.2 Å². The Morgan fingerprint density at radius 3 is 2.11 bits per heavy atom. The van der Waals surface area contributed by atoms with Crippen LogP contribution < -0.4 is 10.6 Å². The highest BCUT2D eigenvalue weighted by atomic mass is 16.2. The standard InChI is InChI=1S/C23H22N2O2/c1-3-17-10-13-20(14-11-17)24-23(27)19-12-9-16(2)21(15-19)25-22(26)18-7-5-4-6-8-18/h4-15H,3H2,1-2H3,(H,24,27)(H,25,26). The van der Waals surface area contributed by atoms with E-state index < -0.39 is 0 Å². The van der Waals surface area contributed by atoms with Gasteiger partial charge in [-0.1, -0.05) is 43.3 Å². The van der Waals surface area contributed by atoms with Crippen LogP contribution in [0.15, 0.2) is 72.8 Å². The van der Waals surface area contributed by atoms with Crippen molar-refractivity contribution in [3.05, 3.63) is 95.1 Å². The molecule has 0 aromatic heterocycles. The van der Waals surface area contributed by atoms with Gasteiger partial charge in [0.05, 0.1) is 0 Å². The van der Waals surface area contributed by atoms with E-state index in [1.165, 1.54) is 5.56 Å². The van der Waals surface area contributed by atoms with Gasteiger partial charge in [-0.25, -0.2) is 0 Å². The molecule has 0 fully saturated rings. The van der Waals surface area contributed by atoms with E-state index in [9.17, 15) is 9.59 Å². The molecule has 0 bridgehead atoms. The number of rotatable bonds is 5. The Morgan fingerprint density at radius 1 is 0.778 bits per heavy atom. The summed E-state index contributed by atoms with van der Waals surface area (Å²) in [6.07, 6.45) is 0.955. The third-order valence-corrected chi connectivity index (χ3v) is 4.40. The van der Waals surface area contributed by atoms with Crippen LogP contribution in [0.5, 0.6) is 0 Å². The maximum atomic E-state index is 12.6. The molecule has 4 heteroatoms. The Morgan fingerprint density at radius 2 is 1.44 bits per heavy atom. The van der Waals surface area contributed by atoms with E-state index >= 15 is 0 Å². The van der Waals surface area contributed by atoms with E-state index in [0.717, 1.165) is 17.7 Å². The predicted octanol–water partition coefficient (Wildman–Crippen LogP) is 5.06. The molecular weight excluding hydrogens is 336 g/mol. The first-order chi connectivity index (χ1) is 13.1. The van der Waals surface area contributed by atoms with Crippen LogP contribution >= 0.6 is 0 Å². The van der Waals surface area contributed by atoms with Crippen molar-refractivity contribution in [2.45, 2.75) is 20.3 Å². The quantitative estimate of drug-likeness (QED) is 0.669. The average molecular weight is 358 g/mol. The third kappa shape index (κ3) is 4.61. The monoisotopic (exact) mass is 358 g/mol. The molecule has 4 nitrogen and oxygen atoms in total. The molecule has 0 aliphatic carbocycles. The molecule has 0 saturated heterocycles. The Balaban J connectivity index is 1.75. The molecule has 0 radical (unpaired) electrons. The summed E-state index contributed by atoms with van der Waals surface area (Å²) in [5.41, 5.74) is 4.54. The second-order valence-corrected chi connectivity index (χ2v) is 6.35. The summed E-state index contributed by atoms with van der Waals surface area (Å²) in [5.74, 6) is -0.416. The predicted molar refractivity (Wildman–Crippen MR) is 109 cm³/mol. The molecule has 0 heterocycles. The molecule has 136 valence electrons. The number of hydrogen-bond donors (Lipinski definition) is 2. The van der Waals surface area contributed by atoms with Gasteiger partial charge in [-0.2, -0.15) is 0 Å². The van der Waals surface area contributed by atoms with Gasteiger partial charge in [-0.3, -0.25) is 9.59 Å². The van der Waals surface area contributed by atoms with Gasteiger partial charge in [0.1, 0.15) is 0 Å². The zero-order valence-corrected chi connectivity index (χ0v) is 15.5. The molecule has 3 aromatic carbocycles. The lowest BCUT2D eigenvalue weighted by Crippen LogP contribution is -2.15. The van der Waals surface area contributed by atoms with Gasteiger partial charge in [0.2, 0.25) is 0 Å². The lowest BCUT2D eigenvalue weighted by molar-refractivity contribution is 0.101. The fraction of sp³-hybridized carbons (Fsp3) is 0.130. The molecule has 2 N–H and O–H groups in total. The molecule has 27 heavy (non-hydrogen) atoms. The zero-order valence-electron chi connectivity index (χ0n) is 15.5. The minimum absolute atomic E-state index is 0.202. The van der Waals surface area contributed by atoms with Crippen molar-refractivity contribution in [3.8, 4) is 0 Å². The third-order valence-electron chi connectivity index (χ3n) is 4.40. The van der Waals surface area contributed by atoms with Crippen LogP contribution in [0.25, 0.3) is 0 Å². The molecule has 3 aromatic rings. The molecular formula is C23H22N2O2. The van der Waals surface area contributed by atoms with Crippen LogP contribution in [-0.2, 0) is 6.42 Å². The van der Waals surface area contributed by atoms with Gasteiger partial charge >= 0.3 is 0 Å². The SMILES string of the molecule is CCc1ccc(NC(=O)c2ccc(C)c(NC(=O)c3ccccc3)c2)cc1. The summed E-state index contributed by atoms with van der Waals surface area (Å²) in [7, 11) is 0. The van der Waals surface area contributed by atoms with E-state index in [0.29, 0.717) is 16.8 Å². The molecule has 0 aliphatic heterocycles. The normalized spacial score (nSPS) is 10.3.